The molecule has 2 rings (SSSR count). The van der Waals surface area contributed by atoms with Crippen molar-refractivity contribution in [2.45, 2.75) is 0 Å². The molecule has 1 heterocycles. The van der Waals surface area contributed by atoms with E-state index in [1.807, 2.05) is 11.8 Å². The number of carbonyl (C=O) groups excluding carboxylic acids is 1. The Hall–Kier alpha value is -1.23. The van der Waals surface area contributed by atoms with Crippen molar-refractivity contribution in [3.8, 4) is 5.75 Å². The highest BCUT2D eigenvalue weighted by Gasteiger charge is 2.22. The number of hydrogen-bond acceptors (Lipinski definition) is 3. The van der Waals surface area contributed by atoms with Gasteiger partial charge in [0.15, 0.2) is 11.6 Å². The zero-order chi connectivity index (χ0) is 12.3. The maximum Gasteiger partial charge on any atom is 0.257 e. The topological polar surface area (TPSA) is 29.5 Å². The summed E-state index contributed by atoms with van der Waals surface area (Å²) in [5.74, 6) is 1.12. The minimum atomic E-state index is -0.571. The molecule has 0 aliphatic carbocycles. The van der Waals surface area contributed by atoms with Crippen molar-refractivity contribution in [3.63, 3.8) is 0 Å². The molecule has 0 saturated carbocycles. The van der Waals surface area contributed by atoms with E-state index in [1.165, 1.54) is 19.2 Å². The number of methoxy groups -OCH3 is 1. The summed E-state index contributed by atoms with van der Waals surface area (Å²) in [7, 11) is 1.39. The molecule has 1 aliphatic heterocycles. The first-order valence-corrected chi connectivity index (χ1v) is 6.59. The molecular formula is C12H14FNO2S. The highest BCUT2D eigenvalue weighted by atomic mass is 32.2. The predicted octanol–water partition coefficient (Wildman–Crippen LogP) is 2.02. The van der Waals surface area contributed by atoms with Gasteiger partial charge in [0.1, 0.15) is 0 Å². The summed E-state index contributed by atoms with van der Waals surface area (Å²) in [6, 6.07) is 4.65. The lowest BCUT2D eigenvalue weighted by Crippen LogP contribution is -2.38. The highest BCUT2D eigenvalue weighted by Crippen LogP contribution is 2.22. The van der Waals surface area contributed by atoms with Crippen LogP contribution in [0.25, 0.3) is 0 Å². The zero-order valence-corrected chi connectivity index (χ0v) is 10.4. The van der Waals surface area contributed by atoms with Gasteiger partial charge in [0.2, 0.25) is 0 Å². The quantitative estimate of drug-likeness (QED) is 0.809. The number of thioether (sulfide) groups is 1. The van der Waals surface area contributed by atoms with Crippen molar-refractivity contribution in [2.24, 2.45) is 0 Å². The van der Waals surface area contributed by atoms with Gasteiger partial charge in [-0.05, 0) is 12.1 Å². The van der Waals surface area contributed by atoms with Crippen LogP contribution >= 0.6 is 11.8 Å². The van der Waals surface area contributed by atoms with E-state index in [4.69, 9.17) is 4.74 Å². The van der Waals surface area contributed by atoms with Crippen LogP contribution < -0.4 is 4.74 Å². The van der Waals surface area contributed by atoms with Crippen LogP contribution in [0.4, 0.5) is 4.39 Å². The molecule has 3 nitrogen and oxygen atoms in total. The van der Waals surface area contributed by atoms with E-state index in [0.29, 0.717) is 13.1 Å². The molecular weight excluding hydrogens is 241 g/mol. The maximum atomic E-state index is 13.9. The molecule has 17 heavy (non-hydrogen) atoms. The van der Waals surface area contributed by atoms with Gasteiger partial charge in [-0.15, -0.1) is 0 Å². The Bertz CT molecular complexity index is 419. The molecule has 0 unspecified atom stereocenters. The summed E-state index contributed by atoms with van der Waals surface area (Å²) in [6.07, 6.45) is 0. The van der Waals surface area contributed by atoms with Gasteiger partial charge in [0, 0.05) is 24.6 Å². The molecule has 0 N–H and O–H groups in total. The summed E-state index contributed by atoms with van der Waals surface area (Å²) in [5.41, 5.74) is 0.0938. The van der Waals surface area contributed by atoms with Crippen molar-refractivity contribution in [3.05, 3.63) is 29.6 Å². The number of rotatable bonds is 2. The van der Waals surface area contributed by atoms with Gasteiger partial charge in [-0.3, -0.25) is 4.79 Å². The molecule has 1 aliphatic rings. The Kier molecular flexibility index (Phi) is 3.89. The first kappa shape index (κ1) is 12.2. The molecule has 92 valence electrons. The highest BCUT2D eigenvalue weighted by molar-refractivity contribution is 7.99. The van der Waals surface area contributed by atoms with Crippen molar-refractivity contribution < 1.29 is 13.9 Å². The van der Waals surface area contributed by atoms with Crippen LogP contribution in [0, 0.1) is 5.82 Å². The Balaban J connectivity index is 2.23. The number of carbonyl (C=O) groups is 1. The van der Waals surface area contributed by atoms with Crippen LogP contribution in [-0.4, -0.2) is 42.5 Å². The predicted molar refractivity (Wildman–Crippen MR) is 66.2 cm³/mol. The number of halogens is 1. The first-order chi connectivity index (χ1) is 8.24. The van der Waals surface area contributed by atoms with Gasteiger partial charge in [-0.25, -0.2) is 4.39 Å². The van der Waals surface area contributed by atoms with E-state index >= 15 is 0 Å². The molecule has 1 aromatic carbocycles. The minimum Gasteiger partial charge on any atom is -0.494 e. The summed E-state index contributed by atoms with van der Waals surface area (Å²) >= 11 is 1.81. The second-order valence-corrected chi connectivity index (χ2v) is 4.95. The normalized spacial score (nSPS) is 15.8. The van der Waals surface area contributed by atoms with Gasteiger partial charge >= 0.3 is 0 Å². The summed E-state index contributed by atoms with van der Waals surface area (Å²) in [4.78, 5) is 13.8. The van der Waals surface area contributed by atoms with E-state index in [0.717, 1.165) is 11.5 Å². The van der Waals surface area contributed by atoms with Crippen molar-refractivity contribution in [2.75, 3.05) is 31.7 Å². The van der Waals surface area contributed by atoms with Crippen molar-refractivity contribution in [1.29, 1.82) is 0 Å². The average molecular weight is 255 g/mol. The summed E-state index contributed by atoms with van der Waals surface area (Å²) in [6.45, 7) is 1.36. The smallest absolute Gasteiger partial charge is 0.257 e. The zero-order valence-electron chi connectivity index (χ0n) is 9.61. The van der Waals surface area contributed by atoms with Gasteiger partial charge in [-0.2, -0.15) is 11.8 Å². The minimum absolute atomic E-state index is 0.0938. The SMILES string of the molecule is COc1cccc(C(=O)N2CCSCC2)c1F. The molecule has 0 aromatic heterocycles. The number of nitrogens with zero attached hydrogens (tertiary/aromatic N) is 1. The fourth-order valence-corrected chi connectivity index (χ4v) is 2.67. The number of benzene rings is 1. The van der Waals surface area contributed by atoms with E-state index in [-0.39, 0.29) is 17.2 Å². The standard InChI is InChI=1S/C12H14FNO2S/c1-16-10-4-2-3-9(11(10)13)12(15)14-5-7-17-8-6-14/h2-4H,5-8H2,1H3. The second kappa shape index (κ2) is 5.40. The molecule has 5 heteroatoms. The molecule has 0 atom stereocenters. The van der Waals surface area contributed by atoms with E-state index in [1.54, 1.807) is 11.0 Å². The molecule has 1 fully saturated rings. The lowest BCUT2D eigenvalue weighted by atomic mass is 10.1. The van der Waals surface area contributed by atoms with Crippen LogP contribution in [0.1, 0.15) is 10.4 Å². The van der Waals surface area contributed by atoms with Crippen LogP contribution in [0.3, 0.4) is 0 Å². The Morgan fingerprint density at radius 2 is 2.12 bits per heavy atom. The van der Waals surface area contributed by atoms with Gasteiger partial charge in [0.05, 0.1) is 12.7 Å². The third-order valence-corrected chi connectivity index (χ3v) is 3.65. The largest absolute Gasteiger partial charge is 0.494 e. The summed E-state index contributed by atoms with van der Waals surface area (Å²) < 4.78 is 18.8. The lowest BCUT2D eigenvalue weighted by Gasteiger charge is -2.26. The van der Waals surface area contributed by atoms with Gasteiger partial charge in [0.25, 0.3) is 5.91 Å². The Morgan fingerprint density at radius 3 is 2.76 bits per heavy atom. The van der Waals surface area contributed by atoms with Crippen LogP contribution in [0.5, 0.6) is 5.75 Å². The molecule has 0 spiro atoms. The van der Waals surface area contributed by atoms with Crippen LogP contribution in [0.2, 0.25) is 0 Å². The molecule has 0 bridgehead atoms. The number of ether oxygens (including phenoxy) is 1. The fraction of sp³-hybridized carbons (Fsp3) is 0.417. The third kappa shape index (κ3) is 2.54. The average Bonchev–Trinajstić information content (AvgIpc) is 2.39. The van der Waals surface area contributed by atoms with Crippen LogP contribution in [-0.2, 0) is 0 Å². The van der Waals surface area contributed by atoms with E-state index < -0.39 is 5.82 Å². The van der Waals surface area contributed by atoms with Crippen molar-refractivity contribution in [1.82, 2.24) is 4.90 Å². The Morgan fingerprint density at radius 1 is 1.41 bits per heavy atom. The monoisotopic (exact) mass is 255 g/mol. The van der Waals surface area contributed by atoms with Gasteiger partial charge < -0.3 is 9.64 Å². The fourth-order valence-electron chi connectivity index (χ4n) is 1.77. The molecule has 0 radical (unpaired) electrons. The molecule has 1 aromatic rings. The van der Waals surface area contributed by atoms with E-state index in [2.05, 4.69) is 0 Å². The molecule has 1 amide bonds. The summed E-state index contributed by atoms with van der Waals surface area (Å²) in [5, 5.41) is 0. The first-order valence-electron chi connectivity index (χ1n) is 5.43. The van der Waals surface area contributed by atoms with Crippen molar-refractivity contribution >= 4 is 17.7 Å². The maximum absolute atomic E-state index is 13.9. The number of amides is 1. The van der Waals surface area contributed by atoms with Crippen LogP contribution in [0.15, 0.2) is 18.2 Å². The Labute approximate surface area is 104 Å². The second-order valence-electron chi connectivity index (χ2n) is 3.73. The van der Waals surface area contributed by atoms with E-state index in [9.17, 15) is 9.18 Å². The molecule has 1 saturated heterocycles. The number of hydrogen-bond donors (Lipinski definition) is 0. The van der Waals surface area contributed by atoms with Gasteiger partial charge in [-0.1, -0.05) is 6.07 Å². The third-order valence-electron chi connectivity index (χ3n) is 2.71. The lowest BCUT2D eigenvalue weighted by molar-refractivity contribution is 0.0767.